The number of nitrogens with one attached hydrogen (secondary N) is 2. The van der Waals surface area contributed by atoms with E-state index in [9.17, 15) is 14.0 Å². The fourth-order valence-electron chi connectivity index (χ4n) is 3.85. The summed E-state index contributed by atoms with van der Waals surface area (Å²) in [6.45, 7) is 5.52. The molecule has 0 radical (unpaired) electrons. The Morgan fingerprint density at radius 2 is 1.90 bits per heavy atom. The van der Waals surface area contributed by atoms with E-state index >= 15 is 0 Å². The summed E-state index contributed by atoms with van der Waals surface area (Å²) in [6.07, 6.45) is 0.655. The Labute approximate surface area is 171 Å². The van der Waals surface area contributed by atoms with Crippen molar-refractivity contribution in [2.75, 3.05) is 19.6 Å². The van der Waals surface area contributed by atoms with Gasteiger partial charge in [-0.2, -0.15) is 0 Å². The van der Waals surface area contributed by atoms with Crippen LogP contribution in [0.3, 0.4) is 0 Å². The third kappa shape index (κ3) is 5.34. The van der Waals surface area contributed by atoms with Crippen LogP contribution in [0.1, 0.15) is 36.0 Å². The van der Waals surface area contributed by atoms with Crippen LogP contribution in [0, 0.1) is 18.7 Å². The molecule has 2 aromatic rings. The molecular formula is C23H28FN3O2. The monoisotopic (exact) mass is 397 g/mol. The lowest BCUT2D eigenvalue weighted by Crippen LogP contribution is -2.51. The van der Waals surface area contributed by atoms with E-state index < -0.39 is 0 Å². The first kappa shape index (κ1) is 20.8. The van der Waals surface area contributed by atoms with Gasteiger partial charge in [0.25, 0.3) is 0 Å². The summed E-state index contributed by atoms with van der Waals surface area (Å²) in [5.41, 5.74) is 2.73. The number of benzene rings is 2. The van der Waals surface area contributed by atoms with Crippen LogP contribution in [0.25, 0.3) is 0 Å². The molecular weight excluding hydrogens is 369 g/mol. The van der Waals surface area contributed by atoms with Crippen LogP contribution >= 0.6 is 0 Å². The molecule has 0 aromatic heterocycles. The van der Waals surface area contributed by atoms with Crippen LogP contribution in [0.5, 0.6) is 0 Å². The first-order valence-electron chi connectivity index (χ1n) is 10.1. The quantitative estimate of drug-likeness (QED) is 0.810. The highest BCUT2D eigenvalue weighted by Crippen LogP contribution is 2.31. The van der Waals surface area contributed by atoms with Gasteiger partial charge in [0.2, 0.25) is 5.91 Å². The second-order valence-electron chi connectivity index (χ2n) is 7.59. The highest BCUT2D eigenvalue weighted by molar-refractivity contribution is 5.81. The standard InChI is InChI=1S/C23H28FN3O2/c1-3-25-23(29)27-14-19(17-9-6-7-16(2)11-17)12-20(15-27)22(28)26-13-18-8-4-5-10-21(18)24/h4-11,19-20H,3,12-15H2,1-2H3,(H,25,29)(H,26,28). The Kier molecular flexibility index (Phi) is 6.86. The number of aryl methyl sites for hydroxylation is 1. The van der Waals surface area contributed by atoms with Gasteiger partial charge in [0.15, 0.2) is 0 Å². The second-order valence-corrected chi connectivity index (χ2v) is 7.59. The molecule has 2 N–H and O–H groups in total. The molecule has 0 aliphatic carbocycles. The van der Waals surface area contributed by atoms with Gasteiger partial charge in [0.1, 0.15) is 5.82 Å². The van der Waals surface area contributed by atoms with Crippen molar-refractivity contribution in [2.24, 2.45) is 5.92 Å². The Morgan fingerprint density at radius 3 is 2.62 bits per heavy atom. The van der Waals surface area contributed by atoms with Crippen molar-refractivity contribution in [3.8, 4) is 0 Å². The molecule has 2 unspecified atom stereocenters. The molecule has 29 heavy (non-hydrogen) atoms. The lowest BCUT2D eigenvalue weighted by molar-refractivity contribution is -0.126. The van der Waals surface area contributed by atoms with Crippen molar-refractivity contribution in [3.63, 3.8) is 0 Å². The number of piperidine rings is 1. The van der Waals surface area contributed by atoms with Crippen LogP contribution in [0.15, 0.2) is 48.5 Å². The van der Waals surface area contributed by atoms with Crippen LogP contribution < -0.4 is 10.6 Å². The summed E-state index contributed by atoms with van der Waals surface area (Å²) in [4.78, 5) is 27.0. The van der Waals surface area contributed by atoms with Crippen molar-refractivity contribution in [3.05, 3.63) is 71.0 Å². The first-order valence-corrected chi connectivity index (χ1v) is 10.1. The Hall–Kier alpha value is -2.89. The normalized spacial score (nSPS) is 18.9. The van der Waals surface area contributed by atoms with Crippen molar-refractivity contribution in [1.82, 2.24) is 15.5 Å². The Balaban J connectivity index is 1.74. The molecule has 1 aliphatic heterocycles. The van der Waals surface area contributed by atoms with E-state index in [2.05, 4.69) is 16.7 Å². The number of amides is 3. The highest BCUT2D eigenvalue weighted by atomic mass is 19.1. The van der Waals surface area contributed by atoms with Gasteiger partial charge in [-0.25, -0.2) is 9.18 Å². The van der Waals surface area contributed by atoms with E-state index in [1.807, 2.05) is 32.0 Å². The predicted octanol–water partition coefficient (Wildman–Crippen LogP) is 3.59. The molecule has 154 valence electrons. The van der Waals surface area contributed by atoms with Gasteiger partial charge in [-0.3, -0.25) is 4.79 Å². The number of urea groups is 1. The summed E-state index contributed by atoms with van der Waals surface area (Å²) < 4.78 is 13.8. The summed E-state index contributed by atoms with van der Waals surface area (Å²) >= 11 is 0. The number of likely N-dealkylation sites (tertiary alicyclic amines) is 1. The number of halogens is 1. The minimum absolute atomic E-state index is 0.0791. The van der Waals surface area contributed by atoms with E-state index in [1.54, 1.807) is 23.1 Å². The molecule has 5 nitrogen and oxygen atoms in total. The molecule has 1 heterocycles. The molecule has 2 atom stereocenters. The molecule has 1 saturated heterocycles. The van der Waals surface area contributed by atoms with Crippen LogP contribution in [0.2, 0.25) is 0 Å². The largest absolute Gasteiger partial charge is 0.352 e. The molecule has 2 aromatic carbocycles. The van der Waals surface area contributed by atoms with Gasteiger partial charge in [0, 0.05) is 37.7 Å². The summed E-state index contributed by atoms with van der Waals surface area (Å²) in [7, 11) is 0. The Bertz CT molecular complexity index is 871. The number of hydrogen-bond acceptors (Lipinski definition) is 2. The van der Waals surface area contributed by atoms with Gasteiger partial charge >= 0.3 is 6.03 Å². The zero-order valence-corrected chi connectivity index (χ0v) is 17.0. The summed E-state index contributed by atoms with van der Waals surface area (Å²) in [5, 5.41) is 5.68. The number of carbonyl (C=O) groups is 2. The van der Waals surface area contributed by atoms with Crippen molar-refractivity contribution >= 4 is 11.9 Å². The second kappa shape index (κ2) is 9.54. The van der Waals surface area contributed by atoms with Gasteiger partial charge in [0.05, 0.1) is 5.92 Å². The van der Waals surface area contributed by atoms with Gasteiger partial charge in [-0.1, -0.05) is 48.0 Å². The zero-order chi connectivity index (χ0) is 20.8. The minimum atomic E-state index is -0.344. The van der Waals surface area contributed by atoms with E-state index in [-0.39, 0.29) is 36.1 Å². The van der Waals surface area contributed by atoms with Crippen molar-refractivity contribution in [1.29, 1.82) is 0 Å². The van der Waals surface area contributed by atoms with E-state index in [0.717, 1.165) is 11.1 Å². The lowest BCUT2D eigenvalue weighted by atomic mass is 9.83. The molecule has 3 amide bonds. The van der Waals surface area contributed by atoms with Crippen LogP contribution in [-0.2, 0) is 11.3 Å². The van der Waals surface area contributed by atoms with Gasteiger partial charge in [-0.15, -0.1) is 0 Å². The molecule has 6 heteroatoms. The van der Waals surface area contributed by atoms with Gasteiger partial charge in [-0.05, 0) is 31.9 Å². The van der Waals surface area contributed by atoms with Crippen LogP contribution in [-0.4, -0.2) is 36.5 Å². The summed E-state index contributed by atoms with van der Waals surface area (Å²) in [5.74, 6) is -0.753. The topological polar surface area (TPSA) is 61.4 Å². The molecule has 3 rings (SSSR count). The molecule has 0 spiro atoms. The Morgan fingerprint density at radius 1 is 1.10 bits per heavy atom. The maximum Gasteiger partial charge on any atom is 0.317 e. The van der Waals surface area contributed by atoms with E-state index in [1.165, 1.54) is 6.07 Å². The molecule has 0 saturated carbocycles. The maximum absolute atomic E-state index is 13.8. The number of hydrogen-bond donors (Lipinski definition) is 2. The lowest BCUT2D eigenvalue weighted by Gasteiger charge is -2.37. The zero-order valence-electron chi connectivity index (χ0n) is 17.0. The van der Waals surface area contributed by atoms with Crippen molar-refractivity contribution < 1.29 is 14.0 Å². The molecule has 0 bridgehead atoms. The maximum atomic E-state index is 13.8. The van der Waals surface area contributed by atoms with E-state index in [4.69, 9.17) is 0 Å². The number of nitrogens with zero attached hydrogens (tertiary/aromatic N) is 1. The average Bonchev–Trinajstić information content (AvgIpc) is 2.73. The number of rotatable bonds is 5. The van der Waals surface area contributed by atoms with E-state index in [0.29, 0.717) is 31.6 Å². The van der Waals surface area contributed by atoms with Crippen molar-refractivity contribution in [2.45, 2.75) is 32.7 Å². The van der Waals surface area contributed by atoms with Gasteiger partial charge < -0.3 is 15.5 Å². The molecule has 1 aliphatic rings. The third-order valence-electron chi connectivity index (χ3n) is 5.36. The minimum Gasteiger partial charge on any atom is -0.352 e. The fraction of sp³-hybridized carbons (Fsp3) is 0.391. The van der Waals surface area contributed by atoms with Crippen LogP contribution in [0.4, 0.5) is 9.18 Å². The number of carbonyl (C=O) groups excluding carboxylic acids is 2. The SMILES string of the molecule is CCNC(=O)N1CC(C(=O)NCc2ccccc2F)CC(c2cccc(C)c2)C1. The summed E-state index contributed by atoms with van der Waals surface area (Å²) in [6, 6.07) is 14.5. The first-order chi connectivity index (χ1) is 14.0. The fourth-order valence-corrected chi connectivity index (χ4v) is 3.85. The predicted molar refractivity (Wildman–Crippen MR) is 111 cm³/mol. The average molecular weight is 397 g/mol. The highest BCUT2D eigenvalue weighted by Gasteiger charge is 2.34. The third-order valence-corrected chi connectivity index (χ3v) is 5.36. The smallest absolute Gasteiger partial charge is 0.317 e. The molecule has 1 fully saturated rings.